The van der Waals surface area contributed by atoms with Crippen molar-refractivity contribution in [3.8, 4) is 11.1 Å². The monoisotopic (exact) mass is 675 g/mol. The Kier molecular flexibility index (Phi) is 9.47. The molecule has 49 heavy (non-hydrogen) atoms. The van der Waals surface area contributed by atoms with Gasteiger partial charge < -0.3 is 25.2 Å². The van der Waals surface area contributed by atoms with E-state index in [1.54, 1.807) is 11.8 Å². The van der Waals surface area contributed by atoms with Gasteiger partial charge in [0, 0.05) is 36.0 Å². The molecule has 4 bridgehead atoms. The molecule has 4 saturated carbocycles. The number of hydrogen-bond donors (Lipinski definition) is 3. The Morgan fingerprint density at radius 2 is 1.51 bits per heavy atom. The molecular weight excluding hydrogens is 631 g/mol. The average molecular weight is 676 g/mol. The van der Waals surface area contributed by atoms with E-state index >= 15 is 0 Å². The number of carbonyl (C=O) groups is 1. The van der Waals surface area contributed by atoms with Gasteiger partial charge in [0.25, 0.3) is 0 Å². The van der Waals surface area contributed by atoms with Crippen LogP contribution in [0.25, 0.3) is 11.1 Å². The molecule has 7 nitrogen and oxygen atoms in total. The molecule has 4 aromatic rings. The lowest BCUT2D eigenvalue weighted by molar-refractivity contribution is -0.245. The summed E-state index contributed by atoms with van der Waals surface area (Å²) in [6, 6.07) is 30.6. The number of nitrogens with one attached hydrogen (secondary N) is 2. The molecule has 2 amide bonds. The minimum Gasteiger partial charge on any atom is -0.392 e. The highest BCUT2D eigenvalue weighted by Crippen LogP contribution is 2.55. The molecule has 3 N–H and O–H groups in total. The highest BCUT2D eigenvalue weighted by molar-refractivity contribution is 7.99. The van der Waals surface area contributed by atoms with Gasteiger partial charge in [0.1, 0.15) is 0 Å². The SMILES string of the molecule is O=C(NCc1ccccc1-c1ccc([C@@H]2O[C@H](CSc3ccccn3)C[C@H](c3ccc(CO)cc3)O2)cc1)NC12CC3CC(CC(C3)C1)C2. The fraction of sp³-hybridized carbons (Fsp3) is 0.415. The highest BCUT2D eigenvalue weighted by Gasteiger charge is 2.51. The molecule has 2 heterocycles. The number of pyridine rings is 1. The molecule has 0 unspecified atom stereocenters. The summed E-state index contributed by atoms with van der Waals surface area (Å²) in [7, 11) is 0. The van der Waals surface area contributed by atoms with Gasteiger partial charge in [0.2, 0.25) is 0 Å². The van der Waals surface area contributed by atoms with E-state index in [1.165, 1.54) is 19.3 Å². The Labute approximate surface area is 293 Å². The van der Waals surface area contributed by atoms with Gasteiger partial charge in [-0.1, -0.05) is 78.9 Å². The van der Waals surface area contributed by atoms with Crippen LogP contribution in [-0.2, 0) is 22.6 Å². The normalized spacial score (nSPS) is 28.7. The molecular formula is C41H45N3O4S. The standard InChI is InChI=1S/C41H45N3O4S/c45-25-27-8-10-32(11-9-27)37-20-35(26-49-38-7-3-4-16-42-38)47-39(48-37)33-14-12-31(13-15-33)36-6-2-1-5-34(36)24-43-40(46)44-41-21-28-17-29(22-41)19-30(18-28)23-41/h1-16,28-30,35,37,39,45H,17-26H2,(H2,43,44,46)/t28?,29?,30?,35-,37+,39+,41?/m0/s1. The number of rotatable bonds is 10. The van der Waals surface area contributed by atoms with E-state index in [2.05, 4.69) is 52.0 Å². The summed E-state index contributed by atoms with van der Waals surface area (Å²) >= 11 is 1.69. The number of ether oxygens (including phenoxy) is 2. The molecule has 0 radical (unpaired) electrons. The van der Waals surface area contributed by atoms with Gasteiger partial charge in [0.15, 0.2) is 6.29 Å². The largest absolute Gasteiger partial charge is 0.392 e. The third-order valence-corrected chi connectivity index (χ3v) is 12.1. The minimum atomic E-state index is -0.523. The first-order chi connectivity index (χ1) is 24.0. The maximum atomic E-state index is 13.2. The molecule has 3 atom stereocenters. The molecule has 1 aliphatic heterocycles. The van der Waals surface area contributed by atoms with Crippen molar-refractivity contribution >= 4 is 17.8 Å². The summed E-state index contributed by atoms with van der Waals surface area (Å²) < 4.78 is 13.1. The van der Waals surface area contributed by atoms with E-state index in [0.29, 0.717) is 6.54 Å². The van der Waals surface area contributed by atoms with Gasteiger partial charge in [0.05, 0.1) is 23.8 Å². The van der Waals surface area contributed by atoms with E-state index in [1.807, 2.05) is 60.8 Å². The zero-order valence-corrected chi connectivity index (χ0v) is 28.6. The summed E-state index contributed by atoms with van der Waals surface area (Å²) in [5, 5.41) is 17.2. The van der Waals surface area contributed by atoms with Crippen LogP contribution in [0.5, 0.6) is 0 Å². The van der Waals surface area contributed by atoms with Crippen molar-refractivity contribution in [1.29, 1.82) is 0 Å². The van der Waals surface area contributed by atoms with E-state index in [-0.39, 0.29) is 30.4 Å². The Morgan fingerprint density at radius 1 is 0.816 bits per heavy atom. The zero-order chi connectivity index (χ0) is 33.2. The van der Waals surface area contributed by atoms with Crippen molar-refractivity contribution in [3.63, 3.8) is 0 Å². The van der Waals surface area contributed by atoms with Crippen LogP contribution in [0.1, 0.15) is 79.6 Å². The summed E-state index contributed by atoms with van der Waals surface area (Å²) in [4.78, 5) is 17.7. The maximum Gasteiger partial charge on any atom is 0.315 e. The summed E-state index contributed by atoms with van der Waals surface area (Å²) in [6.45, 7) is 0.485. The fourth-order valence-electron chi connectivity index (χ4n) is 9.13. The molecule has 0 spiro atoms. The van der Waals surface area contributed by atoms with Gasteiger partial charge in [-0.2, -0.15) is 0 Å². The van der Waals surface area contributed by atoms with Crippen LogP contribution in [0, 0.1) is 17.8 Å². The van der Waals surface area contributed by atoms with Crippen LogP contribution in [0.15, 0.2) is 102 Å². The summed E-state index contributed by atoms with van der Waals surface area (Å²) in [5.74, 6) is 3.14. The topological polar surface area (TPSA) is 92.7 Å². The predicted octanol–water partition coefficient (Wildman–Crippen LogP) is 8.35. The van der Waals surface area contributed by atoms with Crippen molar-refractivity contribution in [2.45, 2.75) is 87.2 Å². The number of nitrogens with zero attached hydrogens (tertiary/aromatic N) is 1. The first-order valence-electron chi connectivity index (χ1n) is 17.8. The van der Waals surface area contributed by atoms with Crippen LogP contribution in [0.3, 0.4) is 0 Å². The Hall–Kier alpha value is -3.69. The van der Waals surface area contributed by atoms with E-state index < -0.39 is 6.29 Å². The number of hydrogen-bond acceptors (Lipinski definition) is 6. The first-order valence-corrected chi connectivity index (χ1v) is 18.8. The molecule has 5 fully saturated rings. The van der Waals surface area contributed by atoms with E-state index in [9.17, 15) is 9.90 Å². The predicted molar refractivity (Wildman–Crippen MR) is 192 cm³/mol. The third kappa shape index (κ3) is 7.43. The molecule has 8 heteroatoms. The van der Waals surface area contributed by atoms with E-state index in [4.69, 9.17) is 9.47 Å². The molecule has 4 aliphatic carbocycles. The Morgan fingerprint density at radius 3 is 2.20 bits per heavy atom. The Balaban J connectivity index is 0.947. The van der Waals surface area contributed by atoms with Crippen molar-refractivity contribution in [2.24, 2.45) is 17.8 Å². The average Bonchev–Trinajstić information content (AvgIpc) is 3.13. The molecule has 254 valence electrons. The number of benzene rings is 3. The number of aliphatic hydroxyl groups excluding tert-OH is 1. The van der Waals surface area contributed by atoms with Gasteiger partial charge in [-0.05, 0) is 96.2 Å². The number of aromatic nitrogens is 1. The molecule has 1 aromatic heterocycles. The minimum absolute atomic E-state index is 0.00450. The van der Waals surface area contributed by atoms with Gasteiger partial charge in [-0.15, -0.1) is 11.8 Å². The number of urea groups is 1. The van der Waals surface area contributed by atoms with Crippen LogP contribution in [-0.4, -0.2) is 33.5 Å². The van der Waals surface area contributed by atoms with Gasteiger partial charge in [-0.3, -0.25) is 0 Å². The lowest BCUT2D eigenvalue weighted by Crippen LogP contribution is -2.61. The van der Waals surface area contributed by atoms with Gasteiger partial charge in [-0.25, -0.2) is 9.78 Å². The van der Waals surface area contributed by atoms with Crippen LogP contribution >= 0.6 is 11.8 Å². The summed E-state index contributed by atoms with van der Waals surface area (Å²) in [6.07, 6.45) is 9.35. The molecule has 1 saturated heterocycles. The van der Waals surface area contributed by atoms with E-state index in [0.717, 1.165) is 87.6 Å². The molecule has 3 aromatic carbocycles. The quantitative estimate of drug-likeness (QED) is 0.146. The number of aliphatic hydroxyl groups is 1. The van der Waals surface area contributed by atoms with Crippen molar-refractivity contribution in [1.82, 2.24) is 15.6 Å². The zero-order valence-electron chi connectivity index (χ0n) is 27.8. The number of thioether (sulfide) groups is 1. The maximum absolute atomic E-state index is 13.2. The lowest BCUT2D eigenvalue weighted by Gasteiger charge is -2.56. The molecule has 9 rings (SSSR count). The lowest BCUT2D eigenvalue weighted by atomic mass is 9.53. The second kappa shape index (κ2) is 14.3. The van der Waals surface area contributed by atoms with Crippen LogP contribution in [0.2, 0.25) is 0 Å². The van der Waals surface area contributed by atoms with Crippen molar-refractivity contribution in [2.75, 3.05) is 5.75 Å². The van der Waals surface area contributed by atoms with Crippen LogP contribution < -0.4 is 10.6 Å². The second-order valence-corrected chi connectivity index (χ2v) is 15.7. The van der Waals surface area contributed by atoms with Gasteiger partial charge >= 0.3 is 6.03 Å². The number of amides is 2. The highest BCUT2D eigenvalue weighted by atomic mass is 32.2. The molecule has 5 aliphatic rings. The fourth-order valence-corrected chi connectivity index (χ4v) is 10.0. The first kappa shape index (κ1) is 32.5. The van der Waals surface area contributed by atoms with Crippen molar-refractivity contribution in [3.05, 3.63) is 119 Å². The third-order valence-electron chi connectivity index (χ3n) is 11.0. The summed E-state index contributed by atoms with van der Waals surface area (Å²) in [5.41, 5.74) is 6.17. The van der Waals surface area contributed by atoms with Crippen molar-refractivity contribution < 1.29 is 19.4 Å². The Bertz CT molecular complexity index is 1700. The second-order valence-electron chi connectivity index (χ2n) is 14.6. The number of carbonyl (C=O) groups excluding carboxylic acids is 1. The van der Waals surface area contributed by atoms with Crippen LogP contribution in [0.4, 0.5) is 4.79 Å². The smallest absolute Gasteiger partial charge is 0.315 e.